The van der Waals surface area contributed by atoms with Crippen molar-refractivity contribution in [2.75, 3.05) is 32.6 Å². The second-order valence-electron chi connectivity index (χ2n) is 6.75. The maximum atomic E-state index is 12.6. The smallest absolute Gasteiger partial charge is 0.245 e. The van der Waals surface area contributed by atoms with E-state index in [9.17, 15) is 4.79 Å². The van der Waals surface area contributed by atoms with Gasteiger partial charge in [-0.15, -0.1) is 0 Å². The van der Waals surface area contributed by atoms with Gasteiger partial charge in [0.2, 0.25) is 5.91 Å². The molecule has 1 aliphatic heterocycles. The van der Waals surface area contributed by atoms with E-state index in [0.29, 0.717) is 0 Å². The lowest BCUT2D eigenvalue weighted by atomic mass is 9.86. The largest absolute Gasteiger partial charge is 0.497 e. The zero-order chi connectivity index (χ0) is 18.6. The zero-order valence-electron chi connectivity index (χ0n) is 15.7. The Bertz CT molecular complexity index is 750. The lowest BCUT2D eigenvalue weighted by Crippen LogP contribution is -2.57. The second kappa shape index (κ2) is 7.78. The first-order chi connectivity index (χ1) is 12.6. The Balaban J connectivity index is 1.68. The van der Waals surface area contributed by atoms with Gasteiger partial charge in [-0.25, -0.2) is 0 Å². The molecule has 7 nitrogen and oxygen atoms in total. The third-order valence-electron chi connectivity index (χ3n) is 5.10. The minimum atomic E-state index is -0.604. The van der Waals surface area contributed by atoms with Crippen molar-refractivity contribution < 1.29 is 9.53 Å². The first-order valence-corrected chi connectivity index (χ1v) is 8.90. The molecule has 0 radical (unpaired) electrons. The van der Waals surface area contributed by atoms with Gasteiger partial charge in [0.25, 0.3) is 0 Å². The average molecular weight is 357 g/mol. The van der Waals surface area contributed by atoms with E-state index in [0.717, 1.165) is 44.0 Å². The quantitative estimate of drug-likeness (QED) is 0.822. The Morgan fingerprint density at radius 3 is 2.69 bits per heavy atom. The highest BCUT2D eigenvalue weighted by molar-refractivity contribution is 5.89. The molecule has 1 aromatic carbocycles. The molecule has 0 unspecified atom stereocenters. The van der Waals surface area contributed by atoms with Crippen molar-refractivity contribution in [3.63, 3.8) is 0 Å². The van der Waals surface area contributed by atoms with E-state index in [1.54, 1.807) is 25.0 Å². The topological polar surface area (TPSA) is 71.4 Å². The van der Waals surface area contributed by atoms with E-state index in [1.165, 1.54) is 5.56 Å². The Hall–Kier alpha value is -2.54. The third-order valence-corrected chi connectivity index (χ3v) is 5.10. The predicted octanol–water partition coefficient (Wildman–Crippen LogP) is 1.62. The summed E-state index contributed by atoms with van der Waals surface area (Å²) in [6.45, 7) is 2.54. The SMILES string of the molecule is CNC(=O)C1(Nc2ccnn2C)CCN(Cc2cccc(OC)c2)CC1. The summed E-state index contributed by atoms with van der Waals surface area (Å²) < 4.78 is 7.06. The number of amides is 1. The van der Waals surface area contributed by atoms with E-state index in [2.05, 4.69) is 32.8 Å². The molecule has 0 atom stereocenters. The molecule has 0 saturated carbocycles. The molecule has 26 heavy (non-hydrogen) atoms. The summed E-state index contributed by atoms with van der Waals surface area (Å²) >= 11 is 0. The van der Waals surface area contributed by atoms with Gasteiger partial charge in [0.1, 0.15) is 17.1 Å². The number of aromatic nitrogens is 2. The molecule has 7 heteroatoms. The number of rotatable bonds is 6. The van der Waals surface area contributed by atoms with E-state index < -0.39 is 5.54 Å². The van der Waals surface area contributed by atoms with Gasteiger partial charge < -0.3 is 15.4 Å². The predicted molar refractivity (Wildman–Crippen MR) is 101 cm³/mol. The summed E-state index contributed by atoms with van der Waals surface area (Å²) in [6, 6.07) is 10.0. The number of carbonyl (C=O) groups excluding carboxylic acids is 1. The molecule has 1 aromatic heterocycles. The van der Waals surface area contributed by atoms with Crippen LogP contribution in [0.1, 0.15) is 18.4 Å². The number of carbonyl (C=O) groups is 1. The highest BCUT2D eigenvalue weighted by atomic mass is 16.5. The van der Waals surface area contributed by atoms with E-state index in [1.807, 2.05) is 25.2 Å². The van der Waals surface area contributed by atoms with Crippen molar-refractivity contribution in [3.8, 4) is 5.75 Å². The van der Waals surface area contributed by atoms with Gasteiger partial charge in [0.05, 0.1) is 13.3 Å². The van der Waals surface area contributed by atoms with Gasteiger partial charge in [0.15, 0.2) is 0 Å². The molecule has 0 bridgehead atoms. The summed E-state index contributed by atoms with van der Waals surface area (Å²) in [5.41, 5.74) is 0.615. The van der Waals surface area contributed by atoms with Gasteiger partial charge >= 0.3 is 0 Å². The molecule has 0 spiro atoms. The summed E-state index contributed by atoms with van der Waals surface area (Å²) in [6.07, 6.45) is 3.21. The summed E-state index contributed by atoms with van der Waals surface area (Å²) in [4.78, 5) is 15.0. The molecule has 2 heterocycles. The number of ether oxygens (including phenoxy) is 1. The Morgan fingerprint density at radius 1 is 1.31 bits per heavy atom. The Kier molecular flexibility index (Phi) is 5.46. The number of hydrogen-bond acceptors (Lipinski definition) is 5. The first-order valence-electron chi connectivity index (χ1n) is 8.90. The van der Waals surface area contributed by atoms with Gasteiger partial charge in [-0.3, -0.25) is 14.4 Å². The normalized spacial score (nSPS) is 16.9. The lowest BCUT2D eigenvalue weighted by Gasteiger charge is -2.41. The number of hydrogen-bond donors (Lipinski definition) is 2. The minimum absolute atomic E-state index is 0.0275. The molecule has 0 aliphatic carbocycles. The molecule has 2 N–H and O–H groups in total. The maximum absolute atomic E-state index is 12.6. The van der Waals surface area contributed by atoms with Crippen molar-refractivity contribution in [2.45, 2.75) is 24.9 Å². The fourth-order valence-electron chi connectivity index (χ4n) is 3.51. The second-order valence-corrected chi connectivity index (χ2v) is 6.75. The Labute approximate surface area is 154 Å². The molecule has 1 aliphatic rings. The van der Waals surface area contributed by atoms with Gasteiger partial charge in [-0.2, -0.15) is 5.10 Å². The van der Waals surface area contributed by atoms with Crippen molar-refractivity contribution in [1.29, 1.82) is 0 Å². The van der Waals surface area contributed by atoms with Gasteiger partial charge in [-0.1, -0.05) is 12.1 Å². The molecule has 2 aromatic rings. The maximum Gasteiger partial charge on any atom is 0.245 e. The van der Waals surface area contributed by atoms with E-state index in [-0.39, 0.29) is 5.91 Å². The molecular weight excluding hydrogens is 330 g/mol. The van der Waals surface area contributed by atoms with Gasteiger partial charge in [-0.05, 0) is 30.5 Å². The first kappa shape index (κ1) is 18.3. The lowest BCUT2D eigenvalue weighted by molar-refractivity contribution is -0.126. The number of likely N-dealkylation sites (N-methyl/N-ethyl adjacent to an activating group) is 1. The van der Waals surface area contributed by atoms with Gasteiger partial charge in [0, 0.05) is 39.8 Å². The number of piperidine rings is 1. The van der Waals surface area contributed by atoms with Crippen molar-refractivity contribution in [2.24, 2.45) is 7.05 Å². The number of aryl methyl sites for hydroxylation is 1. The van der Waals surface area contributed by atoms with Crippen LogP contribution in [0.25, 0.3) is 0 Å². The highest BCUT2D eigenvalue weighted by Gasteiger charge is 2.41. The number of anilines is 1. The van der Waals surface area contributed by atoms with Crippen LogP contribution in [0.5, 0.6) is 5.75 Å². The van der Waals surface area contributed by atoms with E-state index >= 15 is 0 Å². The van der Waals surface area contributed by atoms with Crippen LogP contribution in [0.4, 0.5) is 5.82 Å². The molecule has 1 amide bonds. The van der Waals surface area contributed by atoms with Crippen LogP contribution in [0.3, 0.4) is 0 Å². The average Bonchev–Trinajstić information content (AvgIpc) is 3.07. The van der Waals surface area contributed by atoms with Crippen LogP contribution in [-0.4, -0.2) is 53.4 Å². The van der Waals surface area contributed by atoms with E-state index in [4.69, 9.17) is 4.74 Å². The minimum Gasteiger partial charge on any atom is -0.497 e. The summed E-state index contributed by atoms with van der Waals surface area (Å²) in [5, 5.41) is 10.4. The number of methoxy groups -OCH3 is 1. The van der Waals surface area contributed by atoms with Crippen LogP contribution in [0.2, 0.25) is 0 Å². The number of likely N-dealkylation sites (tertiary alicyclic amines) is 1. The highest BCUT2D eigenvalue weighted by Crippen LogP contribution is 2.28. The molecule has 140 valence electrons. The molecule has 1 fully saturated rings. The van der Waals surface area contributed by atoms with Crippen LogP contribution < -0.4 is 15.4 Å². The van der Waals surface area contributed by atoms with Crippen LogP contribution in [0.15, 0.2) is 36.5 Å². The monoisotopic (exact) mass is 357 g/mol. The number of benzene rings is 1. The van der Waals surface area contributed by atoms with Crippen LogP contribution >= 0.6 is 0 Å². The van der Waals surface area contributed by atoms with Crippen molar-refractivity contribution in [3.05, 3.63) is 42.1 Å². The number of nitrogens with zero attached hydrogens (tertiary/aromatic N) is 3. The van der Waals surface area contributed by atoms with Crippen LogP contribution in [-0.2, 0) is 18.4 Å². The number of nitrogens with one attached hydrogen (secondary N) is 2. The fraction of sp³-hybridized carbons (Fsp3) is 0.474. The molecule has 3 rings (SSSR count). The van der Waals surface area contributed by atoms with Crippen molar-refractivity contribution in [1.82, 2.24) is 20.0 Å². The standard InChI is InChI=1S/C19H27N5O2/c1-20-18(25)19(22-17-7-10-21-23(17)2)8-11-24(12-9-19)14-15-5-4-6-16(13-15)26-3/h4-7,10,13,22H,8-9,11-12,14H2,1-3H3,(H,20,25). The third kappa shape index (κ3) is 3.83. The molecular formula is C19H27N5O2. The zero-order valence-corrected chi connectivity index (χ0v) is 15.7. The van der Waals surface area contributed by atoms with Crippen molar-refractivity contribution >= 4 is 11.7 Å². The molecule has 1 saturated heterocycles. The Morgan fingerprint density at radius 2 is 2.08 bits per heavy atom. The fourth-order valence-corrected chi connectivity index (χ4v) is 3.51. The van der Waals surface area contributed by atoms with Crippen LogP contribution in [0, 0.1) is 0 Å². The summed E-state index contributed by atoms with van der Waals surface area (Å²) in [7, 11) is 5.25. The summed E-state index contributed by atoms with van der Waals surface area (Å²) in [5.74, 6) is 1.76.